The third-order valence-electron chi connectivity index (χ3n) is 3.36. The van der Waals surface area contributed by atoms with Crippen molar-refractivity contribution in [1.29, 1.82) is 0 Å². The number of benzene rings is 1. The fourth-order valence-electron chi connectivity index (χ4n) is 2.26. The second-order valence-corrected chi connectivity index (χ2v) is 4.83. The normalized spacial score (nSPS) is 10.4. The maximum atomic E-state index is 12.2. The minimum atomic E-state index is -0.530. The van der Waals surface area contributed by atoms with Crippen LogP contribution in [0.2, 0.25) is 0 Å². The molecule has 0 N–H and O–H groups in total. The highest BCUT2D eigenvalue weighted by atomic mass is 16.5. The minimum Gasteiger partial charge on any atom is -0.497 e. The molecule has 0 unspecified atom stereocenters. The van der Waals surface area contributed by atoms with Crippen LogP contribution in [-0.2, 0) is 4.74 Å². The Labute approximate surface area is 138 Å². The summed E-state index contributed by atoms with van der Waals surface area (Å²) in [5, 5.41) is 8.10. The van der Waals surface area contributed by atoms with E-state index in [1.54, 1.807) is 37.0 Å². The van der Waals surface area contributed by atoms with E-state index in [1.807, 2.05) is 30.3 Å². The molecule has 7 nitrogen and oxygen atoms in total. The number of hydrogen-bond acceptors (Lipinski definition) is 6. The highest BCUT2D eigenvalue weighted by molar-refractivity contribution is 5.93. The van der Waals surface area contributed by atoms with Crippen molar-refractivity contribution >= 4 is 5.97 Å². The van der Waals surface area contributed by atoms with E-state index >= 15 is 0 Å². The lowest BCUT2D eigenvalue weighted by Gasteiger charge is -2.08. The molecule has 0 aliphatic carbocycles. The van der Waals surface area contributed by atoms with Crippen LogP contribution in [0.1, 0.15) is 17.4 Å². The maximum absolute atomic E-state index is 12.2. The monoisotopic (exact) mass is 324 g/mol. The second kappa shape index (κ2) is 6.91. The summed E-state index contributed by atoms with van der Waals surface area (Å²) in [6, 6.07) is 12.7. The Balaban J connectivity index is 2.13. The molecule has 3 aromatic rings. The summed E-state index contributed by atoms with van der Waals surface area (Å²) in [7, 11) is 1.60. The van der Waals surface area contributed by atoms with Crippen molar-refractivity contribution in [2.24, 2.45) is 0 Å². The second-order valence-electron chi connectivity index (χ2n) is 4.83. The summed E-state index contributed by atoms with van der Waals surface area (Å²) in [6.45, 7) is 2.00. The number of carbonyl (C=O) groups excluding carboxylic acids is 1. The summed E-state index contributed by atoms with van der Waals surface area (Å²) in [5.41, 5.74) is 1.94. The van der Waals surface area contributed by atoms with Gasteiger partial charge >= 0.3 is 5.97 Å². The zero-order valence-electron chi connectivity index (χ0n) is 13.3. The molecule has 0 spiro atoms. The molecule has 0 amide bonds. The summed E-state index contributed by atoms with van der Waals surface area (Å²) in [6.07, 6.45) is 1.65. The first-order valence-corrected chi connectivity index (χ1v) is 7.43. The molecule has 0 atom stereocenters. The third-order valence-corrected chi connectivity index (χ3v) is 3.36. The standard InChI is InChI=1S/C17H16N4O3/c1-3-24-17(22)15-16(14-6-4-5-11-18-14)21(20-19-15)12-7-9-13(23-2)10-8-12/h4-11H,3H2,1-2H3. The van der Waals surface area contributed by atoms with Crippen LogP contribution in [0.5, 0.6) is 5.75 Å². The van der Waals surface area contributed by atoms with Gasteiger partial charge in [-0.1, -0.05) is 11.3 Å². The number of ether oxygens (including phenoxy) is 2. The van der Waals surface area contributed by atoms with E-state index in [4.69, 9.17) is 9.47 Å². The van der Waals surface area contributed by atoms with Gasteiger partial charge in [0.2, 0.25) is 5.69 Å². The molecular formula is C17H16N4O3. The lowest BCUT2D eigenvalue weighted by molar-refractivity contribution is 0.0520. The number of methoxy groups -OCH3 is 1. The van der Waals surface area contributed by atoms with Gasteiger partial charge in [-0.15, -0.1) is 5.10 Å². The molecule has 24 heavy (non-hydrogen) atoms. The van der Waals surface area contributed by atoms with Gasteiger partial charge in [-0.05, 0) is 43.3 Å². The van der Waals surface area contributed by atoms with E-state index in [9.17, 15) is 4.79 Å². The first-order chi connectivity index (χ1) is 11.7. The van der Waals surface area contributed by atoms with Crippen LogP contribution in [0.25, 0.3) is 17.1 Å². The van der Waals surface area contributed by atoms with Crippen LogP contribution in [0.4, 0.5) is 0 Å². The average molecular weight is 324 g/mol. The summed E-state index contributed by atoms with van der Waals surface area (Å²) >= 11 is 0. The molecule has 3 rings (SSSR count). The third kappa shape index (κ3) is 2.96. The lowest BCUT2D eigenvalue weighted by Crippen LogP contribution is -2.08. The molecular weight excluding hydrogens is 308 g/mol. The molecule has 0 fully saturated rings. The lowest BCUT2D eigenvalue weighted by atomic mass is 10.2. The molecule has 1 aromatic carbocycles. The van der Waals surface area contributed by atoms with Gasteiger partial charge < -0.3 is 9.47 Å². The number of esters is 1. The van der Waals surface area contributed by atoms with E-state index in [-0.39, 0.29) is 12.3 Å². The van der Waals surface area contributed by atoms with E-state index < -0.39 is 5.97 Å². The quantitative estimate of drug-likeness (QED) is 0.671. The van der Waals surface area contributed by atoms with Gasteiger partial charge in [-0.3, -0.25) is 4.98 Å². The predicted molar refractivity (Wildman–Crippen MR) is 87.1 cm³/mol. The topological polar surface area (TPSA) is 79.1 Å². The first kappa shape index (κ1) is 15.7. The van der Waals surface area contributed by atoms with Crippen LogP contribution in [0.3, 0.4) is 0 Å². The maximum Gasteiger partial charge on any atom is 0.361 e. The molecule has 2 aromatic heterocycles. The number of nitrogens with zero attached hydrogens (tertiary/aromatic N) is 4. The van der Waals surface area contributed by atoms with E-state index in [1.165, 1.54) is 0 Å². The Morgan fingerprint density at radius 2 is 1.96 bits per heavy atom. The summed E-state index contributed by atoms with van der Waals surface area (Å²) in [5.74, 6) is 0.196. The molecule has 0 aliphatic heterocycles. The van der Waals surface area contributed by atoms with Gasteiger partial charge in [0, 0.05) is 6.20 Å². The molecule has 2 heterocycles. The zero-order chi connectivity index (χ0) is 16.9. The number of pyridine rings is 1. The van der Waals surface area contributed by atoms with Gasteiger partial charge in [-0.2, -0.15) is 0 Å². The smallest absolute Gasteiger partial charge is 0.361 e. The zero-order valence-corrected chi connectivity index (χ0v) is 13.3. The SMILES string of the molecule is CCOC(=O)c1nnn(-c2ccc(OC)cc2)c1-c1ccccn1. The van der Waals surface area contributed by atoms with Crippen LogP contribution in [-0.4, -0.2) is 39.7 Å². The molecule has 0 radical (unpaired) electrons. The van der Waals surface area contributed by atoms with Gasteiger partial charge in [-0.25, -0.2) is 9.48 Å². The molecule has 7 heteroatoms. The van der Waals surface area contributed by atoms with Crippen molar-refractivity contribution in [3.63, 3.8) is 0 Å². The number of carbonyl (C=O) groups is 1. The Kier molecular flexibility index (Phi) is 4.51. The van der Waals surface area contributed by atoms with E-state index in [0.29, 0.717) is 11.4 Å². The first-order valence-electron chi connectivity index (χ1n) is 7.43. The fourth-order valence-corrected chi connectivity index (χ4v) is 2.26. The fraction of sp³-hybridized carbons (Fsp3) is 0.176. The van der Waals surface area contributed by atoms with E-state index in [2.05, 4.69) is 15.3 Å². The van der Waals surface area contributed by atoms with Crippen molar-refractivity contribution in [2.45, 2.75) is 6.92 Å². The molecule has 0 saturated carbocycles. The summed E-state index contributed by atoms with van der Waals surface area (Å²) < 4.78 is 11.8. The van der Waals surface area contributed by atoms with Gasteiger partial charge in [0.1, 0.15) is 11.4 Å². The van der Waals surface area contributed by atoms with Crippen molar-refractivity contribution in [3.8, 4) is 22.8 Å². The van der Waals surface area contributed by atoms with Crippen LogP contribution in [0.15, 0.2) is 48.7 Å². The largest absolute Gasteiger partial charge is 0.497 e. The highest BCUT2D eigenvalue weighted by Gasteiger charge is 2.23. The Bertz CT molecular complexity index is 829. The molecule has 122 valence electrons. The number of rotatable bonds is 5. The van der Waals surface area contributed by atoms with Crippen molar-refractivity contribution < 1.29 is 14.3 Å². The van der Waals surface area contributed by atoms with Crippen LogP contribution < -0.4 is 4.74 Å². The van der Waals surface area contributed by atoms with Crippen LogP contribution in [0, 0.1) is 0 Å². The van der Waals surface area contributed by atoms with E-state index in [0.717, 1.165) is 11.4 Å². The van der Waals surface area contributed by atoms with Crippen molar-refractivity contribution in [1.82, 2.24) is 20.0 Å². The van der Waals surface area contributed by atoms with Gasteiger partial charge in [0.15, 0.2) is 0 Å². The number of hydrogen-bond donors (Lipinski definition) is 0. The molecule has 0 saturated heterocycles. The average Bonchev–Trinajstić information content (AvgIpc) is 3.08. The van der Waals surface area contributed by atoms with Crippen LogP contribution >= 0.6 is 0 Å². The molecule has 0 aliphatic rings. The van der Waals surface area contributed by atoms with Gasteiger partial charge in [0.05, 0.1) is 25.1 Å². The van der Waals surface area contributed by atoms with Gasteiger partial charge in [0.25, 0.3) is 0 Å². The highest BCUT2D eigenvalue weighted by Crippen LogP contribution is 2.25. The minimum absolute atomic E-state index is 0.131. The number of aromatic nitrogens is 4. The Morgan fingerprint density at radius 3 is 2.58 bits per heavy atom. The van der Waals surface area contributed by atoms with Crippen molar-refractivity contribution in [3.05, 3.63) is 54.4 Å². The Hall–Kier alpha value is -3.22. The summed E-state index contributed by atoms with van der Waals surface area (Å²) in [4.78, 5) is 16.5. The molecule has 0 bridgehead atoms. The predicted octanol–water partition coefficient (Wildman–Crippen LogP) is 2.51. The van der Waals surface area contributed by atoms with Crippen molar-refractivity contribution in [2.75, 3.05) is 13.7 Å². The Morgan fingerprint density at radius 1 is 1.17 bits per heavy atom.